The number of sulfonamides is 1. The fourth-order valence-electron chi connectivity index (χ4n) is 3.78. The topological polar surface area (TPSA) is 86.8 Å². The summed E-state index contributed by atoms with van der Waals surface area (Å²) in [6.07, 6.45) is 2.91. The number of hydrogen-bond donors (Lipinski definition) is 1. The molecule has 25 heavy (non-hydrogen) atoms. The zero-order valence-corrected chi connectivity index (χ0v) is 15.7. The van der Waals surface area contributed by atoms with Crippen LogP contribution in [0.1, 0.15) is 46.0 Å². The first kappa shape index (κ1) is 18.2. The van der Waals surface area contributed by atoms with Gasteiger partial charge in [-0.25, -0.2) is 17.9 Å². The van der Waals surface area contributed by atoms with Crippen molar-refractivity contribution in [2.45, 2.75) is 62.8 Å². The van der Waals surface area contributed by atoms with Crippen molar-refractivity contribution in [2.24, 2.45) is 5.92 Å². The standard InChI is InChI=1S/C17H25N3O4S/c1-4-5-10-20-14-7-6-12(25(23,24)18-17(2)8-9-17)11-13(14)15(21)19(3)16(20)22/h12-14,18H,6-11H2,1-3H3. The second-order valence-corrected chi connectivity index (χ2v) is 9.51. The lowest BCUT2D eigenvalue weighted by Crippen LogP contribution is -2.63. The number of hydrogen-bond acceptors (Lipinski definition) is 4. The summed E-state index contributed by atoms with van der Waals surface area (Å²) in [6, 6.07) is -0.612. The van der Waals surface area contributed by atoms with E-state index in [9.17, 15) is 18.0 Å². The minimum Gasteiger partial charge on any atom is -0.309 e. The maximum atomic E-state index is 12.7. The molecule has 138 valence electrons. The maximum Gasteiger partial charge on any atom is 0.327 e. The largest absolute Gasteiger partial charge is 0.327 e. The highest BCUT2D eigenvalue weighted by Gasteiger charge is 2.51. The molecule has 3 fully saturated rings. The third-order valence-corrected chi connectivity index (χ3v) is 7.68. The summed E-state index contributed by atoms with van der Waals surface area (Å²) in [5, 5.41) is -0.587. The van der Waals surface area contributed by atoms with E-state index in [1.807, 2.05) is 6.92 Å². The van der Waals surface area contributed by atoms with Crippen LogP contribution in [0.5, 0.6) is 0 Å². The summed E-state index contributed by atoms with van der Waals surface area (Å²) in [5.41, 5.74) is -0.318. The Labute approximate surface area is 149 Å². The Morgan fingerprint density at radius 3 is 2.56 bits per heavy atom. The predicted molar refractivity (Wildman–Crippen MR) is 92.9 cm³/mol. The second-order valence-electron chi connectivity index (χ2n) is 7.55. The van der Waals surface area contributed by atoms with Crippen LogP contribution in [0, 0.1) is 17.8 Å². The maximum absolute atomic E-state index is 12.7. The molecule has 3 atom stereocenters. The first-order valence-corrected chi connectivity index (χ1v) is 10.2. The summed E-state index contributed by atoms with van der Waals surface area (Å²) in [7, 11) is -2.02. The molecule has 7 nitrogen and oxygen atoms in total. The lowest BCUT2D eigenvalue weighted by molar-refractivity contribution is -0.138. The van der Waals surface area contributed by atoms with E-state index in [2.05, 4.69) is 16.6 Å². The molecule has 0 spiro atoms. The van der Waals surface area contributed by atoms with Crippen molar-refractivity contribution in [1.82, 2.24) is 14.5 Å². The Kier molecular flexibility index (Phi) is 4.58. The molecular weight excluding hydrogens is 342 g/mol. The van der Waals surface area contributed by atoms with Gasteiger partial charge in [-0.15, -0.1) is 5.92 Å². The van der Waals surface area contributed by atoms with Crippen LogP contribution in [-0.4, -0.2) is 60.6 Å². The molecule has 0 radical (unpaired) electrons. The number of imide groups is 1. The molecule has 1 heterocycles. The molecule has 0 aromatic rings. The van der Waals surface area contributed by atoms with Crippen LogP contribution >= 0.6 is 0 Å². The van der Waals surface area contributed by atoms with E-state index >= 15 is 0 Å². The molecule has 8 heteroatoms. The van der Waals surface area contributed by atoms with Crippen molar-refractivity contribution in [3.8, 4) is 11.8 Å². The van der Waals surface area contributed by atoms with E-state index < -0.39 is 21.2 Å². The van der Waals surface area contributed by atoms with E-state index in [1.165, 1.54) is 7.05 Å². The molecule has 1 N–H and O–H groups in total. The number of fused-ring (bicyclic) bond motifs is 1. The summed E-state index contributed by atoms with van der Waals surface area (Å²) >= 11 is 0. The quantitative estimate of drug-likeness (QED) is 0.749. The number of urea groups is 1. The van der Waals surface area contributed by atoms with Crippen molar-refractivity contribution in [1.29, 1.82) is 0 Å². The van der Waals surface area contributed by atoms with Gasteiger partial charge in [0.25, 0.3) is 0 Å². The molecule has 2 aliphatic carbocycles. The van der Waals surface area contributed by atoms with Crippen LogP contribution in [0.3, 0.4) is 0 Å². The number of nitrogens with one attached hydrogen (secondary N) is 1. The van der Waals surface area contributed by atoms with Crippen molar-refractivity contribution in [3.05, 3.63) is 0 Å². The number of carbonyl (C=O) groups is 2. The van der Waals surface area contributed by atoms with Crippen LogP contribution < -0.4 is 4.72 Å². The van der Waals surface area contributed by atoms with Crippen molar-refractivity contribution >= 4 is 22.0 Å². The van der Waals surface area contributed by atoms with Crippen molar-refractivity contribution < 1.29 is 18.0 Å². The Bertz CT molecular complexity index is 748. The normalized spacial score (nSPS) is 31.2. The number of rotatable bonds is 4. The van der Waals surface area contributed by atoms with Crippen LogP contribution in [0.4, 0.5) is 4.79 Å². The lowest BCUT2D eigenvalue weighted by Gasteiger charge is -2.46. The summed E-state index contributed by atoms with van der Waals surface area (Å²) in [6.45, 7) is 3.87. The highest BCUT2D eigenvalue weighted by Crippen LogP contribution is 2.39. The first-order chi connectivity index (χ1) is 11.7. The van der Waals surface area contributed by atoms with E-state index in [0.29, 0.717) is 12.8 Å². The third-order valence-electron chi connectivity index (χ3n) is 5.60. The van der Waals surface area contributed by atoms with Crippen LogP contribution in [0.2, 0.25) is 0 Å². The van der Waals surface area contributed by atoms with Gasteiger partial charge in [0.15, 0.2) is 0 Å². The van der Waals surface area contributed by atoms with E-state index in [4.69, 9.17) is 0 Å². The fraction of sp³-hybridized carbons (Fsp3) is 0.765. The Balaban J connectivity index is 1.79. The second kappa shape index (κ2) is 6.29. The summed E-state index contributed by atoms with van der Waals surface area (Å²) < 4.78 is 28.2. The average molecular weight is 367 g/mol. The summed E-state index contributed by atoms with van der Waals surface area (Å²) in [5.74, 6) is 4.89. The molecule has 0 aromatic heterocycles. The molecule has 3 aliphatic rings. The Morgan fingerprint density at radius 1 is 1.28 bits per heavy atom. The molecule has 1 saturated heterocycles. The molecule has 0 bridgehead atoms. The monoisotopic (exact) mass is 367 g/mol. The smallest absolute Gasteiger partial charge is 0.309 e. The molecule has 3 amide bonds. The van der Waals surface area contributed by atoms with E-state index in [1.54, 1.807) is 11.8 Å². The Hall–Kier alpha value is -1.59. The van der Waals surface area contributed by atoms with Gasteiger partial charge in [0, 0.05) is 18.6 Å². The van der Waals surface area contributed by atoms with Gasteiger partial charge in [-0.3, -0.25) is 9.69 Å². The number of nitrogens with zero attached hydrogens (tertiary/aromatic N) is 2. The highest BCUT2D eigenvalue weighted by molar-refractivity contribution is 7.90. The van der Waals surface area contributed by atoms with Gasteiger partial charge in [0.05, 0.1) is 17.7 Å². The first-order valence-electron chi connectivity index (χ1n) is 8.69. The molecule has 1 aliphatic heterocycles. The van der Waals surface area contributed by atoms with Crippen molar-refractivity contribution in [3.63, 3.8) is 0 Å². The van der Waals surface area contributed by atoms with Crippen LogP contribution in [0.25, 0.3) is 0 Å². The highest BCUT2D eigenvalue weighted by atomic mass is 32.2. The molecule has 3 unspecified atom stereocenters. The molecule has 3 rings (SSSR count). The molecule has 0 aromatic carbocycles. The lowest BCUT2D eigenvalue weighted by atomic mass is 9.81. The fourth-order valence-corrected chi connectivity index (χ4v) is 5.74. The minimum absolute atomic E-state index is 0.253. The van der Waals surface area contributed by atoms with Gasteiger partial charge in [0.2, 0.25) is 15.9 Å². The van der Waals surface area contributed by atoms with Gasteiger partial charge >= 0.3 is 6.03 Å². The Morgan fingerprint density at radius 2 is 1.96 bits per heavy atom. The van der Waals surface area contributed by atoms with Gasteiger partial charge in [-0.1, -0.05) is 5.92 Å². The molecule has 2 saturated carbocycles. The zero-order chi connectivity index (χ0) is 18.4. The zero-order valence-electron chi connectivity index (χ0n) is 14.9. The molecular formula is C17H25N3O4S. The predicted octanol–water partition coefficient (Wildman–Crippen LogP) is 0.913. The van der Waals surface area contributed by atoms with E-state index in [0.717, 1.165) is 17.7 Å². The SMILES string of the molecule is CC#CCN1C(=O)N(C)C(=O)C2CC(S(=O)(=O)NC3(C)CC3)CCC21. The summed E-state index contributed by atoms with van der Waals surface area (Å²) in [4.78, 5) is 27.7. The van der Waals surface area contributed by atoms with Gasteiger partial charge in [0.1, 0.15) is 0 Å². The van der Waals surface area contributed by atoms with E-state index in [-0.39, 0.29) is 36.5 Å². The van der Waals surface area contributed by atoms with Crippen LogP contribution in [-0.2, 0) is 14.8 Å². The van der Waals surface area contributed by atoms with Gasteiger partial charge in [-0.05, 0) is 46.0 Å². The third kappa shape index (κ3) is 3.40. The van der Waals surface area contributed by atoms with Gasteiger partial charge in [-0.2, -0.15) is 0 Å². The van der Waals surface area contributed by atoms with Gasteiger partial charge < -0.3 is 4.90 Å². The average Bonchev–Trinajstić information content (AvgIpc) is 3.28. The number of carbonyl (C=O) groups excluding carboxylic acids is 2. The minimum atomic E-state index is -3.47. The number of amides is 3. The van der Waals surface area contributed by atoms with Crippen LogP contribution in [0.15, 0.2) is 0 Å². The van der Waals surface area contributed by atoms with Crippen molar-refractivity contribution in [2.75, 3.05) is 13.6 Å².